The van der Waals surface area contributed by atoms with Gasteiger partial charge in [-0.2, -0.15) is 13.2 Å². The number of hydrogen-bond acceptors (Lipinski definition) is 3. The van der Waals surface area contributed by atoms with Gasteiger partial charge in [0, 0.05) is 26.1 Å². The number of likely N-dealkylation sites (N-methyl/N-ethyl adjacent to an activating group) is 1. The number of alkyl halides is 3. The summed E-state index contributed by atoms with van der Waals surface area (Å²) in [6, 6.07) is 5.96. The molecule has 1 aromatic heterocycles. The SMILES string of the molecule is CN(Cc1ccc(F)cc1)C(=O)CN1CCC[C@H](c2ncc(C(F)(F)F)[nH]2)C1. The summed E-state index contributed by atoms with van der Waals surface area (Å²) < 4.78 is 51.2. The number of carbonyl (C=O) groups is 1. The van der Waals surface area contributed by atoms with Crippen LogP contribution in [0.15, 0.2) is 30.5 Å². The Morgan fingerprint density at radius 1 is 1.32 bits per heavy atom. The molecule has 0 unspecified atom stereocenters. The maximum atomic E-state index is 13.0. The van der Waals surface area contributed by atoms with E-state index in [4.69, 9.17) is 0 Å². The summed E-state index contributed by atoms with van der Waals surface area (Å²) in [5.74, 6) is -0.284. The van der Waals surface area contributed by atoms with Crippen molar-refractivity contribution in [3.05, 3.63) is 53.4 Å². The molecule has 1 saturated heterocycles. The number of halogens is 4. The third-order valence-electron chi connectivity index (χ3n) is 4.91. The van der Waals surface area contributed by atoms with Gasteiger partial charge in [-0.05, 0) is 37.1 Å². The number of likely N-dealkylation sites (tertiary alicyclic amines) is 1. The van der Waals surface area contributed by atoms with Crippen molar-refractivity contribution in [1.29, 1.82) is 0 Å². The average molecular weight is 398 g/mol. The summed E-state index contributed by atoms with van der Waals surface area (Å²) in [7, 11) is 1.68. The molecule has 0 radical (unpaired) electrons. The Morgan fingerprint density at radius 3 is 2.68 bits per heavy atom. The molecule has 0 bridgehead atoms. The molecular weight excluding hydrogens is 376 g/mol. The normalized spacial score (nSPS) is 18.2. The minimum Gasteiger partial charge on any atom is -0.340 e. The first kappa shape index (κ1) is 20.3. The van der Waals surface area contributed by atoms with Crippen molar-refractivity contribution in [2.24, 2.45) is 0 Å². The van der Waals surface area contributed by atoms with Crippen LogP contribution in [0.25, 0.3) is 0 Å². The molecule has 1 fully saturated rings. The lowest BCUT2D eigenvalue weighted by Crippen LogP contribution is -2.42. The molecule has 2 heterocycles. The van der Waals surface area contributed by atoms with E-state index in [-0.39, 0.29) is 24.2 Å². The standard InChI is InChI=1S/C19H22F4N4O/c1-26(10-13-4-6-15(20)7-5-13)17(28)12-27-8-2-3-14(11-27)18-24-9-16(25-18)19(21,22)23/h4-7,9,14H,2-3,8,10-12H2,1H3,(H,24,25)/t14-/m0/s1. The van der Waals surface area contributed by atoms with Crippen LogP contribution in [0.2, 0.25) is 0 Å². The molecule has 9 heteroatoms. The van der Waals surface area contributed by atoms with Gasteiger partial charge < -0.3 is 9.88 Å². The van der Waals surface area contributed by atoms with Crippen molar-refractivity contribution < 1.29 is 22.4 Å². The van der Waals surface area contributed by atoms with Crippen LogP contribution in [0.4, 0.5) is 17.6 Å². The lowest BCUT2D eigenvalue weighted by atomic mass is 9.97. The van der Waals surface area contributed by atoms with Gasteiger partial charge in [-0.25, -0.2) is 9.37 Å². The number of nitrogens with zero attached hydrogens (tertiary/aromatic N) is 3. The number of hydrogen-bond donors (Lipinski definition) is 1. The van der Waals surface area contributed by atoms with Gasteiger partial charge >= 0.3 is 6.18 Å². The summed E-state index contributed by atoms with van der Waals surface area (Å²) in [6.07, 6.45) is -2.13. The van der Waals surface area contributed by atoms with Crippen molar-refractivity contribution in [1.82, 2.24) is 19.8 Å². The molecular formula is C19H22F4N4O. The van der Waals surface area contributed by atoms with Crippen LogP contribution < -0.4 is 0 Å². The third kappa shape index (κ3) is 5.09. The number of H-pyrrole nitrogens is 1. The highest BCUT2D eigenvalue weighted by Crippen LogP contribution is 2.31. The van der Waals surface area contributed by atoms with Crippen LogP contribution in [0.3, 0.4) is 0 Å². The van der Waals surface area contributed by atoms with Gasteiger partial charge in [-0.1, -0.05) is 12.1 Å². The highest BCUT2D eigenvalue weighted by atomic mass is 19.4. The molecule has 1 aromatic carbocycles. The van der Waals surface area contributed by atoms with Gasteiger partial charge in [0.05, 0.1) is 12.7 Å². The monoisotopic (exact) mass is 398 g/mol. The highest BCUT2D eigenvalue weighted by molar-refractivity contribution is 5.78. The number of rotatable bonds is 5. The Labute approximate surface area is 160 Å². The molecule has 1 aliphatic heterocycles. The summed E-state index contributed by atoms with van der Waals surface area (Å²) in [5, 5.41) is 0. The number of piperidine rings is 1. The number of aromatic nitrogens is 2. The second kappa shape index (κ2) is 8.30. The Kier molecular flexibility index (Phi) is 6.02. The fourth-order valence-corrected chi connectivity index (χ4v) is 3.37. The maximum absolute atomic E-state index is 13.0. The fraction of sp³-hybridized carbons (Fsp3) is 0.474. The molecule has 28 heavy (non-hydrogen) atoms. The summed E-state index contributed by atoms with van der Waals surface area (Å²) in [5.41, 5.74) is -0.0289. The number of imidazole rings is 1. The summed E-state index contributed by atoms with van der Waals surface area (Å²) >= 11 is 0. The maximum Gasteiger partial charge on any atom is 0.432 e. The summed E-state index contributed by atoms with van der Waals surface area (Å²) in [4.78, 5) is 22.3. The minimum atomic E-state index is -4.45. The van der Waals surface area contributed by atoms with Gasteiger partial charge in [0.25, 0.3) is 0 Å². The van der Waals surface area contributed by atoms with Crippen molar-refractivity contribution in [2.45, 2.75) is 31.5 Å². The second-order valence-corrected chi connectivity index (χ2v) is 7.13. The van der Waals surface area contributed by atoms with Crippen LogP contribution in [-0.2, 0) is 17.5 Å². The van der Waals surface area contributed by atoms with Gasteiger partial charge in [0.1, 0.15) is 17.3 Å². The van der Waals surface area contributed by atoms with Crippen molar-refractivity contribution in [2.75, 3.05) is 26.7 Å². The van der Waals surface area contributed by atoms with Crippen LogP contribution in [0.5, 0.6) is 0 Å². The Morgan fingerprint density at radius 2 is 2.04 bits per heavy atom. The quantitative estimate of drug-likeness (QED) is 0.786. The highest BCUT2D eigenvalue weighted by Gasteiger charge is 2.34. The van der Waals surface area contributed by atoms with Crippen molar-refractivity contribution in [3.8, 4) is 0 Å². The molecule has 2 aromatic rings. The predicted molar refractivity (Wildman–Crippen MR) is 94.9 cm³/mol. The van der Waals surface area contributed by atoms with Crippen LogP contribution >= 0.6 is 0 Å². The van der Waals surface area contributed by atoms with E-state index in [1.165, 1.54) is 12.1 Å². The zero-order valence-corrected chi connectivity index (χ0v) is 15.5. The first-order valence-electron chi connectivity index (χ1n) is 9.05. The molecule has 152 valence electrons. The lowest BCUT2D eigenvalue weighted by Gasteiger charge is -2.32. The number of benzene rings is 1. The van der Waals surface area contributed by atoms with E-state index in [0.29, 0.717) is 25.5 Å². The van der Waals surface area contributed by atoms with Crippen molar-refractivity contribution >= 4 is 5.91 Å². The largest absolute Gasteiger partial charge is 0.432 e. The Bertz CT molecular complexity index is 803. The topological polar surface area (TPSA) is 52.2 Å². The predicted octanol–water partition coefficient (Wildman–Crippen LogP) is 3.41. The lowest BCUT2D eigenvalue weighted by molar-refractivity contribution is -0.141. The molecule has 5 nitrogen and oxygen atoms in total. The Hall–Kier alpha value is -2.42. The van der Waals surface area contributed by atoms with Gasteiger partial charge in [0.2, 0.25) is 5.91 Å². The van der Waals surface area contributed by atoms with E-state index >= 15 is 0 Å². The molecule has 0 aliphatic carbocycles. The summed E-state index contributed by atoms with van der Waals surface area (Å²) in [6.45, 7) is 1.73. The van der Waals surface area contributed by atoms with Crippen LogP contribution in [0.1, 0.15) is 35.8 Å². The van der Waals surface area contributed by atoms with Crippen LogP contribution in [0, 0.1) is 5.82 Å². The van der Waals surface area contributed by atoms with E-state index in [0.717, 1.165) is 24.6 Å². The molecule has 3 rings (SSSR count). The minimum absolute atomic E-state index is 0.0969. The van der Waals surface area contributed by atoms with Gasteiger partial charge in [-0.15, -0.1) is 0 Å². The zero-order chi connectivity index (χ0) is 20.3. The van der Waals surface area contributed by atoms with E-state index in [1.807, 2.05) is 4.90 Å². The van der Waals surface area contributed by atoms with Gasteiger partial charge in [0.15, 0.2) is 0 Å². The van der Waals surface area contributed by atoms with Crippen molar-refractivity contribution in [3.63, 3.8) is 0 Å². The van der Waals surface area contributed by atoms with Gasteiger partial charge in [-0.3, -0.25) is 9.69 Å². The second-order valence-electron chi connectivity index (χ2n) is 7.13. The number of amides is 1. The smallest absolute Gasteiger partial charge is 0.340 e. The van der Waals surface area contributed by atoms with E-state index in [9.17, 15) is 22.4 Å². The number of aromatic amines is 1. The van der Waals surface area contributed by atoms with Crippen LogP contribution in [-0.4, -0.2) is 52.4 Å². The number of nitrogens with one attached hydrogen (secondary N) is 1. The molecule has 0 saturated carbocycles. The first-order chi connectivity index (χ1) is 13.2. The molecule has 1 amide bonds. The zero-order valence-electron chi connectivity index (χ0n) is 15.5. The third-order valence-corrected chi connectivity index (χ3v) is 4.91. The molecule has 1 aliphatic rings. The number of carbonyl (C=O) groups excluding carboxylic acids is 1. The van der Waals surface area contributed by atoms with E-state index in [1.54, 1.807) is 24.1 Å². The molecule has 1 atom stereocenters. The first-order valence-corrected chi connectivity index (χ1v) is 9.05. The Balaban J connectivity index is 1.56. The van der Waals surface area contributed by atoms with E-state index in [2.05, 4.69) is 9.97 Å². The fourth-order valence-electron chi connectivity index (χ4n) is 3.37. The molecule has 1 N–H and O–H groups in total. The van der Waals surface area contributed by atoms with E-state index < -0.39 is 11.9 Å². The average Bonchev–Trinajstić information content (AvgIpc) is 3.14. The molecule has 0 spiro atoms.